The van der Waals surface area contributed by atoms with Crippen LogP contribution in [0.1, 0.15) is 41.7 Å². The van der Waals surface area contributed by atoms with Gasteiger partial charge in [0, 0.05) is 24.3 Å². The molecular weight excluding hydrogens is 359 g/mol. The topological polar surface area (TPSA) is 79.4 Å². The van der Waals surface area contributed by atoms with Crippen molar-refractivity contribution in [3.63, 3.8) is 0 Å². The van der Waals surface area contributed by atoms with Gasteiger partial charge in [-0.05, 0) is 37.8 Å². The van der Waals surface area contributed by atoms with Crippen LogP contribution in [0.2, 0.25) is 0 Å². The van der Waals surface area contributed by atoms with Gasteiger partial charge in [-0.25, -0.2) is 8.42 Å². The van der Waals surface area contributed by atoms with Gasteiger partial charge in [-0.2, -0.15) is 17.5 Å². The molecule has 0 saturated carbocycles. The number of halogens is 3. The molecule has 2 saturated heterocycles. The summed E-state index contributed by atoms with van der Waals surface area (Å²) >= 11 is 0. The minimum Gasteiger partial charge on any atom is -0.349 e. The summed E-state index contributed by atoms with van der Waals surface area (Å²) in [7, 11) is -3.28. The molecule has 1 N–H and O–H groups in total. The van der Waals surface area contributed by atoms with Gasteiger partial charge in [-0.1, -0.05) is 0 Å². The predicted molar refractivity (Wildman–Crippen MR) is 83.2 cm³/mol. The Morgan fingerprint density at radius 1 is 1.24 bits per heavy atom. The smallest absolute Gasteiger partial charge is 0.349 e. The average molecular weight is 377 g/mol. The summed E-state index contributed by atoms with van der Waals surface area (Å²) in [5, 5.41) is 2.78. The zero-order chi connectivity index (χ0) is 18.4. The molecule has 10 heteroatoms. The maximum Gasteiger partial charge on any atom is 0.433 e. The van der Waals surface area contributed by atoms with Crippen molar-refractivity contribution in [2.24, 2.45) is 0 Å². The van der Waals surface area contributed by atoms with Gasteiger partial charge in [0.1, 0.15) is 5.69 Å². The summed E-state index contributed by atoms with van der Waals surface area (Å²) < 4.78 is 62.7. The van der Waals surface area contributed by atoms with Crippen molar-refractivity contribution in [1.82, 2.24) is 14.6 Å². The monoisotopic (exact) mass is 377 g/mol. The molecule has 3 rings (SSSR count). The maximum atomic E-state index is 12.5. The Labute approximate surface area is 143 Å². The third kappa shape index (κ3) is 3.79. The van der Waals surface area contributed by atoms with Crippen LogP contribution in [-0.2, 0) is 16.2 Å². The van der Waals surface area contributed by atoms with Crippen LogP contribution in [0.15, 0.2) is 18.3 Å². The summed E-state index contributed by atoms with van der Waals surface area (Å²) in [6, 6.07) is 1.39. The van der Waals surface area contributed by atoms with Crippen molar-refractivity contribution in [2.75, 3.05) is 6.26 Å². The van der Waals surface area contributed by atoms with Gasteiger partial charge in [0.15, 0.2) is 0 Å². The average Bonchev–Trinajstić information content (AvgIpc) is 2.79. The second-order valence-corrected chi connectivity index (χ2v) is 8.44. The molecule has 2 unspecified atom stereocenters. The van der Waals surface area contributed by atoms with Gasteiger partial charge in [-0.15, -0.1) is 0 Å². The van der Waals surface area contributed by atoms with Crippen molar-refractivity contribution in [2.45, 2.75) is 50.0 Å². The van der Waals surface area contributed by atoms with E-state index < -0.39 is 27.8 Å². The third-order valence-corrected chi connectivity index (χ3v) is 6.06. The Bertz CT molecular complexity index is 750. The highest BCUT2D eigenvalue weighted by Crippen LogP contribution is 2.37. The summed E-state index contributed by atoms with van der Waals surface area (Å²) in [4.78, 5) is 15.5. The highest BCUT2D eigenvalue weighted by Gasteiger charge is 2.45. The van der Waals surface area contributed by atoms with Crippen LogP contribution >= 0.6 is 0 Å². The van der Waals surface area contributed by atoms with Gasteiger partial charge < -0.3 is 5.32 Å². The fourth-order valence-electron chi connectivity index (χ4n) is 3.76. The number of rotatable bonds is 3. The molecule has 2 aliphatic rings. The van der Waals surface area contributed by atoms with Gasteiger partial charge >= 0.3 is 6.18 Å². The lowest BCUT2D eigenvalue weighted by molar-refractivity contribution is -0.141. The van der Waals surface area contributed by atoms with Gasteiger partial charge in [0.05, 0.1) is 11.8 Å². The number of alkyl halides is 3. The number of carbonyl (C=O) groups excluding carboxylic acids is 1. The van der Waals surface area contributed by atoms with E-state index in [-0.39, 0.29) is 23.7 Å². The molecule has 0 spiro atoms. The van der Waals surface area contributed by atoms with E-state index in [2.05, 4.69) is 10.3 Å². The molecule has 138 valence electrons. The van der Waals surface area contributed by atoms with E-state index in [4.69, 9.17) is 0 Å². The Morgan fingerprint density at radius 3 is 2.28 bits per heavy atom. The minimum absolute atomic E-state index is 0.0471. The van der Waals surface area contributed by atoms with Crippen LogP contribution in [0.5, 0.6) is 0 Å². The Hall–Kier alpha value is -1.68. The van der Waals surface area contributed by atoms with Gasteiger partial charge in [-0.3, -0.25) is 9.78 Å². The first kappa shape index (κ1) is 18.1. The molecule has 0 aromatic carbocycles. The molecule has 3 heterocycles. The van der Waals surface area contributed by atoms with Crippen molar-refractivity contribution in [3.05, 3.63) is 29.6 Å². The summed E-state index contributed by atoms with van der Waals surface area (Å²) in [6.45, 7) is 0. The van der Waals surface area contributed by atoms with Crippen molar-refractivity contribution < 1.29 is 26.4 Å². The zero-order valence-corrected chi connectivity index (χ0v) is 14.3. The SMILES string of the molecule is CS(=O)(=O)N1C2CCC1CC(NC(=O)c1ccc(C(F)(F)F)nc1)C2. The number of hydrogen-bond donors (Lipinski definition) is 1. The van der Waals surface area contributed by atoms with Crippen LogP contribution in [0.25, 0.3) is 0 Å². The number of nitrogens with one attached hydrogen (secondary N) is 1. The maximum absolute atomic E-state index is 12.5. The van der Waals surface area contributed by atoms with Crippen LogP contribution in [0.3, 0.4) is 0 Å². The molecule has 2 aliphatic heterocycles. The molecular formula is C15H18F3N3O3S. The van der Waals surface area contributed by atoms with Crippen LogP contribution in [0, 0.1) is 0 Å². The van der Waals surface area contributed by atoms with Gasteiger partial charge in [0.2, 0.25) is 10.0 Å². The van der Waals surface area contributed by atoms with Crippen molar-refractivity contribution in [1.29, 1.82) is 0 Å². The van der Waals surface area contributed by atoms with E-state index in [1.54, 1.807) is 0 Å². The number of carbonyl (C=O) groups is 1. The third-order valence-electron chi connectivity index (χ3n) is 4.70. The molecule has 2 atom stereocenters. The normalized spacial score (nSPS) is 27.3. The Balaban J connectivity index is 1.65. The zero-order valence-electron chi connectivity index (χ0n) is 13.5. The summed E-state index contributed by atoms with van der Waals surface area (Å²) in [6.07, 6.45) is 0.0564. The second-order valence-electron chi connectivity index (χ2n) is 6.55. The van der Waals surface area contributed by atoms with E-state index in [0.717, 1.165) is 31.2 Å². The Morgan fingerprint density at radius 2 is 1.84 bits per heavy atom. The van der Waals surface area contributed by atoms with Crippen LogP contribution in [0.4, 0.5) is 13.2 Å². The molecule has 6 nitrogen and oxygen atoms in total. The van der Waals surface area contributed by atoms with Crippen molar-refractivity contribution in [3.8, 4) is 0 Å². The molecule has 25 heavy (non-hydrogen) atoms. The molecule has 0 aliphatic carbocycles. The molecule has 1 aromatic rings. The quantitative estimate of drug-likeness (QED) is 0.871. The number of pyridine rings is 1. The van der Waals surface area contributed by atoms with E-state index in [1.807, 2.05) is 0 Å². The van der Waals surface area contributed by atoms with E-state index >= 15 is 0 Å². The minimum atomic E-state index is -4.55. The van der Waals surface area contributed by atoms with E-state index in [9.17, 15) is 26.4 Å². The lowest BCUT2D eigenvalue weighted by Crippen LogP contribution is -2.52. The molecule has 0 radical (unpaired) electrons. The lowest BCUT2D eigenvalue weighted by atomic mass is 9.99. The molecule has 2 fully saturated rings. The molecule has 1 amide bonds. The molecule has 1 aromatic heterocycles. The highest BCUT2D eigenvalue weighted by molar-refractivity contribution is 7.88. The number of aromatic nitrogens is 1. The molecule has 2 bridgehead atoms. The largest absolute Gasteiger partial charge is 0.433 e. The van der Waals surface area contributed by atoms with E-state index in [1.165, 1.54) is 10.6 Å². The van der Waals surface area contributed by atoms with Crippen LogP contribution in [-0.4, -0.2) is 48.0 Å². The van der Waals surface area contributed by atoms with Crippen molar-refractivity contribution >= 4 is 15.9 Å². The first-order valence-electron chi connectivity index (χ1n) is 7.88. The summed E-state index contributed by atoms with van der Waals surface area (Å²) in [5.74, 6) is -0.501. The number of nitrogens with zero attached hydrogens (tertiary/aromatic N) is 2. The standard InChI is InChI=1S/C15H18F3N3O3S/c1-25(23,24)21-11-3-4-12(21)7-10(6-11)20-14(22)9-2-5-13(19-8-9)15(16,17)18/h2,5,8,10-12H,3-4,6-7H2,1H3,(H,20,22). The Kier molecular flexibility index (Phi) is 4.52. The fourth-order valence-corrected chi connectivity index (χ4v) is 5.22. The van der Waals surface area contributed by atoms with Gasteiger partial charge in [0.25, 0.3) is 5.91 Å². The number of amides is 1. The summed E-state index contributed by atoms with van der Waals surface area (Å²) in [5.41, 5.74) is -1.01. The number of hydrogen-bond acceptors (Lipinski definition) is 4. The number of piperidine rings is 1. The number of fused-ring (bicyclic) bond motifs is 2. The van der Waals surface area contributed by atoms with E-state index in [0.29, 0.717) is 12.8 Å². The number of sulfonamides is 1. The lowest BCUT2D eigenvalue weighted by Gasteiger charge is -2.37. The first-order valence-corrected chi connectivity index (χ1v) is 9.73. The highest BCUT2D eigenvalue weighted by atomic mass is 32.2. The van der Waals surface area contributed by atoms with Crippen LogP contribution < -0.4 is 5.32 Å². The fraction of sp³-hybridized carbons (Fsp3) is 0.600. The second kappa shape index (κ2) is 6.24. The first-order chi connectivity index (χ1) is 11.6. The predicted octanol–water partition coefficient (Wildman–Crippen LogP) is 1.79.